The molecule has 1 saturated heterocycles. The maximum Gasteiger partial charge on any atom is 0.249 e. The molecule has 1 aliphatic rings. The van der Waals surface area contributed by atoms with E-state index < -0.39 is 6.04 Å². The number of benzene rings is 1. The second-order valence-electron chi connectivity index (χ2n) is 6.28. The monoisotopic (exact) mass is 318 g/mol. The Kier molecular flexibility index (Phi) is 5.64. The van der Waals surface area contributed by atoms with Gasteiger partial charge in [0.25, 0.3) is 0 Å². The first-order chi connectivity index (χ1) is 10.9. The second-order valence-corrected chi connectivity index (χ2v) is 6.28. The number of hydrogen-bond donors (Lipinski definition) is 0. The van der Waals surface area contributed by atoms with E-state index in [0.717, 1.165) is 11.4 Å². The minimum absolute atomic E-state index is 0.0301. The highest BCUT2D eigenvalue weighted by Crippen LogP contribution is 2.24. The van der Waals surface area contributed by atoms with Crippen LogP contribution in [0.3, 0.4) is 0 Å². The fourth-order valence-electron chi connectivity index (χ4n) is 2.82. The second kappa shape index (κ2) is 7.49. The van der Waals surface area contributed by atoms with Crippen molar-refractivity contribution in [2.24, 2.45) is 5.92 Å². The number of carbonyl (C=O) groups is 2. The van der Waals surface area contributed by atoms with E-state index in [2.05, 4.69) is 0 Å². The number of nitrogens with zero attached hydrogens (tertiary/aromatic N) is 2. The zero-order valence-corrected chi connectivity index (χ0v) is 14.4. The first-order valence-corrected chi connectivity index (χ1v) is 8.27. The average molecular weight is 318 g/mol. The summed E-state index contributed by atoms with van der Waals surface area (Å²) >= 11 is 0. The maximum absolute atomic E-state index is 12.6. The Morgan fingerprint density at radius 1 is 1.26 bits per heavy atom. The highest BCUT2D eigenvalue weighted by molar-refractivity contribution is 6.00. The van der Waals surface area contributed by atoms with Crippen molar-refractivity contribution in [1.29, 1.82) is 0 Å². The molecule has 0 bridgehead atoms. The molecule has 2 rings (SSSR count). The molecule has 0 aromatic heterocycles. The van der Waals surface area contributed by atoms with E-state index in [1.54, 1.807) is 16.7 Å². The van der Waals surface area contributed by atoms with Crippen molar-refractivity contribution in [2.45, 2.75) is 40.2 Å². The molecule has 126 valence electrons. The fourth-order valence-corrected chi connectivity index (χ4v) is 2.82. The van der Waals surface area contributed by atoms with Crippen LogP contribution in [0.4, 0.5) is 5.69 Å². The van der Waals surface area contributed by atoms with Gasteiger partial charge in [0.2, 0.25) is 11.8 Å². The Bertz CT molecular complexity index is 554. The van der Waals surface area contributed by atoms with Crippen molar-refractivity contribution >= 4 is 17.5 Å². The molecule has 1 aromatic carbocycles. The molecule has 0 saturated carbocycles. The van der Waals surface area contributed by atoms with Crippen molar-refractivity contribution in [3.8, 4) is 5.75 Å². The van der Waals surface area contributed by atoms with Crippen LogP contribution in [0.25, 0.3) is 0 Å². The topological polar surface area (TPSA) is 49.9 Å². The summed E-state index contributed by atoms with van der Waals surface area (Å²) in [4.78, 5) is 28.4. The van der Waals surface area contributed by atoms with Crippen molar-refractivity contribution in [3.63, 3.8) is 0 Å². The molecule has 1 aliphatic heterocycles. The van der Waals surface area contributed by atoms with Gasteiger partial charge in [-0.15, -0.1) is 0 Å². The van der Waals surface area contributed by atoms with Gasteiger partial charge in [0, 0.05) is 25.2 Å². The minimum atomic E-state index is -0.415. The lowest BCUT2D eigenvalue weighted by molar-refractivity contribution is -0.141. The van der Waals surface area contributed by atoms with Crippen LogP contribution in [0, 0.1) is 5.92 Å². The van der Waals surface area contributed by atoms with Gasteiger partial charge in [-0.05, 0) is 44.0 Å². The normalized spacial score (nSPS) is 18.5. The number of hydrogen-bond acceptors (Lipinski definition) is 3. The quantitative estimate of drug-likeness (QED) is 0.839. The standard InChI is InChI=1S/C18H26N2O3/c1-5-23-16-8-6-15(7-9-16)20-11-10-19(14(4)18(20)22)17(21)12-13(2)3/h6-9,13-14H,5,10-12H2,1-4H3/t14-/m1/s1. The third-order valence-electron chi connectivity index (χ3n) is 4.02. The number of carbonyl (C=O) groups excluding carboxylic acids is 2. The first kappa shape index (κ1) is 17.3. The van der Waals surface area contributed by atoms with Gasteiger partial charge in [0.1, 0.15) is 11.8 Å². The van der Waals surface area contributed by atoms with Crippen molar-refractivity contribution in [2.75, 3.05) is 24.6 Å². The van der Waals surface area contributed by atoms with Gasteiger partial charge in [0.05, 0.1) is 6.61 Å². The highest BCUT2D eigenvalue weighted by Gasteiger charge is 2.34. The predicted octanol–water partition coefficient (Wildman–Crippen LogP) is 2.70. The summed E-state index contributed by atoms with van der Waals surface area (Å²) < 4.78 is 5.43. The van der Waals surface area contributed by atoms with Gasteiger partial charge in [-0.3, -0.25) is 9.59 Å². The lowest BCUT2D eigenvalue weighted by Crippen LogP contribution is -2.57. The van der Waals surface area contributed by atoms with E-state index in [0.29, 0.717) is 32.0 Å². The zero-order chi connectivity index (χ0) is 17.0. The summed E-state index contributed by atoms with van der Waals surface area (Å²) in [5.41, 5.74) is 0.848. The Labute approximate surface area is 138 Å². The van der Waals surface area contributed by atoms with E-state index in [4.69, 9.17) is 4.74 Å². The highest BCUT2D eigenvalue weighted by atomic mass is 16.5. The molecule has 0 aliphatic carbocycles. The van der Waals surface area contributed by atoms with Crippen LogP contribution >= 0.6 is 0 Å². The summed E-state index contributed by atoms with van der Waals surface area (Å²) in [6.45, 7) is 9.49. The van der Waals surface area contributed by atoms with E-state index in [1.807, 2.05) is 45.0 Å². The van der Waals surface area contributed by atoms with Crippen LogP contribution in [0.2, 0.25) is 0 Å². The van der Waals surface area contributed by atoms with Crippen LogP contribution in [-0.4, -0.2) is 42.5 Å². The van der Waals surface area contributed by atoms with Crippen LogP contribution in [-0.2, 0) is 9.59 Å². The van der Waals surface area contributed by atoms with E-state index in [1.165, 1.54) is 0 Å². The molecule has 5 heteroatoms. The third kappa shape index (κ3) is 4.03. The predicted molar refractivity (Wildman–Crippen MR) is 90.6 cm³/mol. The Morgan fingerprint density at radius 3 is 2.48 bits per heavy atom. The Morgan fingerprint density at radius 2 is 1.91 bits per heavy atom. The molecule has 1 aromatic rings. The molecule has 23 heavy (non-hydrogen) atoms. The Hall–Kier alpha value is -2.04. The summed E-state index contributed by atoms with van der Waals surface area (Å²) in [6, 6.07) is 7.10. The van der Waals surface area contributed by atoms with E-state index in [9.17, 15) is 9.59 Å². The van der Waals surface area contributed by atoms with Gasteiger partial charge >= 0.3 is 0 Å². The smallest absolute Gasteiger partial charge is 0.249 e. The number of ether oxygens (including phenoxy) is 1. The minimum Gasteiger partial charge on any atom is -0.494 e. The SMILES string of the molecule is CCOc1ccc(N2CCN(C(=O)CC(C)C)[C@H](C)C2=O)cc1. The molecule has 0 radical (unpaired) electrons. The largest absolute Gasteiger partial charge is 0.494 e. The lowest BCUT2D eigenvalue weighted by atomic mass is 10.1. The molecule has 1 atom stereocenters. The molecule has 0 unspecified atom stereocenters. The third-order valence-corrected chi connectivity index (χ3v) is 4.02. The molecule has 1 heterocycles. The van der Waals surface area contributed by atoms with Gasteiger partial charge in [-0.2, -0.15) is 0 Å². The molecule has 1 fully saturated rings. The average Bonchev–Trinajstić information content (AvgIpc) is 2.50. The number of amides is 2. The number of piperazine rings is 1. The molecule has 5 nitrogen and oxygen atoms in total. The van der Waals surface area contributed by atoms with Crippen molar-refractivity contribution < 1.29 is 14.3 Å². The van der Waals surface area contributed by atoms with Gasteiger partial charge in [-0.1, -0.05) is 13.8 Å². The van der Waals surface area contributed by atoms with Crippen LogP contribution < -0.4 is 9.64 Å². The summed E-state index contributed by atoms with van der Waals surface area (Å²) in [5.74, 6) is 1.13. The summed E-state index contributed by atoms with van der Waals surface area (Å²) in [6.07, 6.45) is 0.487. The first-order valence-electron chi connectivity index (χ1n) is 8.27. The van der Waals surface area contributed by atoms with E-state index in [-0.39, 0.29) is 11.8 Å². The molecule has 0 N–H and O–H groups in total. The Balaban J connectivity index is 2.07. The van der Waals surface area contributed by atoms with Gasteiger partial charge < -0.3 is 14.5 Å². The van der Waals surface area contributed by atoms with Crippen molar-refractivity contribution in [3.05, 3.63) is 24.3 Å². The number of rotatable bonds is 5. The van der Waals surface area contributed by atoms with Gasteiger partial charge in [0.15, 0.2) is 0 Å². The van der Waals surface area contributed by atoms with E-state index >= 15 is 0 Å². The van der Waals surface area contributed by atoms with Crippen LogP contribution in [0.1, 0.15) is 34.1 Å². The molecular weight excluding hydrogens is 292 g/mol. The fraction of sp³-hybridized carbons (Fsp3) is 0.556. The van der Waals surface area contributed by atoms with Crippen molar-refractivity contribution in [1.82, 2.24) is 4.90 Å². The zero-order valence-electron chi connectivity index (χ0n) is 14.4. The molecule has 0 spiro atoms. The summed E-state index contributed by atoms with van der Waals surface area (Å²) in [7, 11) is 0. The molecule has 2 amide bonds. The number of anilines is 1. The van der Waals surface area contributed by atoms with Crippen LogP contribution in [0.15, 0.2) is 24.3 Å². The van der Waals surface area contributed by atoms with Crippen LogP contribution in [0.5, 0.6) is 5.75 Å². The summed E-state index contributed by atoms with van der Waals surface area (Å²) in [5, 5.41) is 0. The van der Waals surface area contributed by atoms with Gasteiger partial charge in [-0.25, -0.2) is 0 Å². The lowest BCUT2D eigenvalue weighted by Gasteiger charge is -2.39. The maximum atomic E-state index is 12.6. The molecular formula is C18H26N2O3.